The summed E-state index contributed by atoms with van der Waals surface area (Å²) < 4.78 is -0.771. The first kappa shape index (κ1) is 11.4. The van der Waals surface area contributed by atoms with Crippen molar-refractivity contribution in [3.8, 4) is 0 Å². The molecule has 1 rings (SSSR count). The van der Waals surface area contributed by atoms with Crippen molar-refractivity contribution >= 4 is 23.6 Å². The van der Waals surface area contributed by atoms with Gasteiger partial charge in [0.05, 0.1) is 0 Å². The Balaban J connectivity index is 2.33. The van der Waals surface area contributed by atoms with E-state index in [1.54, 1.807) is 13.8 Å². The van der Waals surface area contributed by atoms with Crippen molar-refractivity contribution in [3.05, 3.63) is 0 Å². The average Bonchev–Trinajstić information content (AvgIpc) is 2.48. The highest BCUT2D eigenvalue weighted by molar-refractivity contribution is 8.01. The molecule has 0 aliphatic carbocycles. The summed E-state index contributed by atoms with van der Waals surface area (Å²) >= 11 is 1.37. The molecule has 1 fully saturated rings. The molecule has 14 heavy (non-hydrogen) atoms. The van der Waals surface area contributed by atoms with Crippen LogP contribution >= 0.6 is 11.8 Å². The largest absolute Gasteiger partial charge is 0.480 e. The smallest absolute Gasteiger partial charge is 0.319 e. The lowest BCUT2D eigenvalue weighted by molar-refractivity contribution is -0.138. The van der Waals surface area contributed by atoms with Crippen LogP contribution in [0.1, 0.15) is 26.7 Å². The number of hydrogen-bond donors (Lipinski definition) is 2. The monoisotopic (exact) mass is 217 g/mol. The first-order valence-corrected chi connectivity index (χ1v) is 5.57. The van der Waals surface area contributed by atoms with Gasteiger partial charge in [0.15, 0.2) is 0 Å². The second-order valence-electron chi connectivity index (χ2n) is 3.93. The highest BCUT2D eigenvalue weighted by Crippen LogP contribution is 2.26. The SMILES string of the molecule is CC(C)(SCC1CCC(=O)N1)C(=O)O. The zero-order valence-corrected chi connectivity index (χ0v) is 9.19. The van der Waals surface area contributed by atoms with Gasteiger partial charge in [-0.1, -0.05) is 0 Å². The lowest BCUT2D eigenvalue weighted by Gasteiger charge is -2.20. The summed E-state index contributed by atoms with van der Waals surface area (Å²) in [6, 6.07) is 0.145. The van der Waals surface area contributed by atoms with Crippen LogP contribution in [0.3, 0.4) is 0 Å². The zero-order valence-electron chi connectivity index (χ0n) is 8.37. The van der Waals surface area contributed by atoms with Crippen molar-refractivity contribution < 1.29 is 14.7 Å². The first-order valence-electron chi connectivity index (χ1n) is 4.58. The van der Waals surface area contributed by atoms with E-state index in [1.807, 2.05) is 0 Å². The Labute approximate surface area is 87.4 Å². The fourth-order valence-electron chi connectivity index (χ4n) is 1.17. The molecule has 0 saturated carbocycles. The normalized spacial score (nSPS) is 22.1. The molecule has 1 aliphatic rings. The highest BCUT2D eigenvalue weighted by Gasteiger charge is 2.30. The third-order valence-electron chi connectivity index (χ3n) is 2.25. The zero-order chi connectivity index (χ0) is 10.8. The van der Waals surface area contributed by atoms with Crippen LogP contribution in [-0.4, -0.2) is 33.5 Å². The molecule has 80 valence electrons. The molecule has 5 heteroatoms. The van der Waals surface area contributed by atoms with Gasteiger partial charge in [0.1, 0.15) is 4.75 Å². The molecule has 1 amide bonds. The molecule has 0 aromatic heterocycles. The molecule has 2 N–H and O–H groups in total. The van der Waals surface area contributed by atoms with Gasteiger partial charge in [-0.25, -0.2) is 0 Å². The van der Waals surface area contributed by atoms with Gasteiger partial charge in [-0.3, -0.25) is 9.59 Å². The first-order chi connectivity index (χ1) is 6.42. The van der Waals surface area contributed by atoms with E-state index < -0.39 is 10.7 Å². The van der Waals surface area contributed by atoms with Crippen LogP contribution in [0.2, 0.25) is 0 Å². The standard InChI is InChI=1S/C9H15NO3S/c1-9(2,8(12)13)14-5-6-3-4-7(11)10-6/h6H,3-5H2,1-2H3,(H,10,11)(H,12,13). The highest BCUT2D eigenvalue weighted by atomic mass is 32.2. The Morgan fingerprint density at radius 1 is 1.71 bits per heavy atom. The van der Waals surface area contributed by atoms with Gasteiger partial charge < -0.3 is 10.4 Å². The molecule has 0 bridgehead atoms. The van der Waals surface area contributed by atoms with Crippen molar-refractivity contribution in [1.82, 2.24) is 5.32 Å². The number of rotatable bonds is 4. The summed E-state index contributed by atoms with van der Waals surface area (Å²) in [5.74, 6) is -0.0686. The Bertz CT molecular complexity index is 252. The summed E-state index contributed by atoms with van der Waals surface area (Å²) in [5.41, 5.74) is 0. The molecule has 1 unspecified atom stereocenters. The van der Waals surface area contributed by atoms with Crippen molar-refractivity contribution in [2.45, 2.75) is 37.5 Å². The molecule has 0 aromatic rings. The van der Waals surface area contributed by atoms with Gasteiger partial charge in [-0.2, -0.15) is 0 Å². The maximum absolute atomic E-state index is 10.9. The van der Waals surface area contributed by atoms with Crippen LogP contribution in [0.4, 0.5) is 0 Å². The Morgan fingerprint density at radius 2 is 2.36 bits per heavy atom. The molecule has 1 heterocycles. The van der Waals surface area contributed by atoms with E-state index in [1.165, 1.54) is 11.8 Å². The number of carbonyl (C=O) groups excluding carboxylic acids is 1. The summed E-state index contributed by atoms with van der Waals surface area (Å²) in [7, 11) is 0. The van der Waals surface area contributed by atoms with E-state index in [2.05, 4.69) is 5.32 Å². The molecule has 1 saturated heterocycles. The summed E-state index contributed by atoms with van der Waals surface area (Å²) in [4.78, 5) is 21.7. The number of carboxylic acids is 1. The van der Waals surface area contributed by atoms with Gasteiger partial charge in [-0.05, 0) is 20.3 Å². The quantitative estimate of drug-likeness (QED) is 0.733. The number of aliphatic carboxylic acids is 1. The van der Waals surface area contributed by atoms with Gasteiger partial charge in [-0.15, -0.1) is 11.8 Å². The molecule has 4 nitrogen and oxygen atoms in total. The van der Waals surface area contributed by atoms with E-state index in [0.717, 1.165) is 6.42 Å². The molecular formula is C9H15NO3S. The number of thioether (sulfide) groups is 1. The average molecular weight is 217 g/mol. The summed E-state index contributed by atoms with van der Waals surface area (Å²) in [6.07, 6.45) is 1.39. The van der Waals surface area contributed by atoms with E-state index in [9.17, 15) is 9.59 Å². The molecule has 1 atom stereocenters. The number of carbonyl (C=O) groups is 2. The second-order valence-corrected chi connectivity index (χ2v) is 5.57. The van der Waals surface area contributed by atoms with Crippen LogP contribution < -0.4 is 5.32 Å². The van der Waals surface area contributed by atoms with Crippen LogP contribution in [0, 0.1) is 0 Å². The number of carboxylic acid groups (broad SMARTS) is 1. The second kappa shape index (κ2) is 4.21. The third kappa shape index (κ3) is 2.90. The maximum Gasteiger partial charge on any atom is 0.319 e. The number of hydrogen-bond acceptors (Lipinski definition) is 3. The Morgan fingerprint density at radius 3 is 2.79 bits per heavy atom. The van der Waals surface area contributed by atoms with Crippen LogP contribution in [0.5, 0.6) is 0 Å². The van der Waals surface area contributed by atoms with E-state index in [-0.39, 0.29) is 11.9 Å². The topological polar surface area (TPSA) is 66.4 Å². The van der Waals surface area contributed by atoms with Crippen LogP contribution in [0.15, 0.2) is 0 Å². The Kier molecular flexibility index (Phi) is 3.42. The molecular weight excluding hydrogens is 202 g/mol. The predicted octanol–water partition coefficient (Wildman–Crippen LogP) is 0.861. The van der Waals surface area contributed by atoms with Crippen molar-refractivity contribution in [1.29, 1.82) is 0 Å². The van der Waals surface area contributed by atoms with E-state index >= 15 is 0 Å². The van der Waals surface area contributed by atoms with E-state index in [4.69, 9.17) is 5.11 Å². The van der Waals surface area contributed by atoms with Crippen molar-refractivity contribution in [3.63, 3.8) is 0 Å². The predicted molar refractivity (Wildman–Crippen MR) is 55.3 cm³/mol. The molecule has 0 aromatic carbocycles. The van der Waals surface area contributed by atoms with Gasteiger partial charge in [0, 0.05) is 18.2 Å². The van der Waals surface area contributed by atoms with Crippen molar-refractivity contribution in [2.75, 3.05) is 5.75 Å². The minimum atomic E-state index is -0.813. The number of amides is 1. The third-order valence-corrected chi connectivity index (χ3v) is 3.71. The number of nitrogens with one attached hydrogen (secondary N) is 1. The minimum absolute atomic E-state index is 0.0729. The minimum Gasteiger partial charge on any atom is -0.480 e. The fourth-order valence-corrected chi connectivity index (χ4v) is 2.16. The van der Waals surface area contributed by atoms with Gasteiger partial charge in [0.2, 0.25) is 5.91 Å². The maximum atomic E-state index is 10.9. The molecule has 0 spiro atoms. The molecule has 1 aliphatic heterocycles. The van der Waals surface area contributed by atoms with Crippen molar-refractivity contribution in [2.24, 2.45) is 0 Å². The fraction of sp³-hybridized carbons (Fsp3) is 0.778. The van der Waals surface area contributed by atoms with Crippen LogP contribution in [0.25, 0.3) is 0 Å². The summed E-state index contributed by atoms with van der Waals surface area (Å²) in [5, 5.41) is 11.7. The molecule has 0 radical (unpaired) electrons. The van der Waals surface area contributed by atoms with E-state index in [0.29, 0.717) is 12.2 Å². The van der Waals surface area contributed by atoms with Gasteiger partial charge >= 0.3 is 5.97 Å². The lowest BCUT2D eigenvalue weighted by atomic mass is 10.2. The Hall–Kier alpha value is -0.710. The van der Waals surface area contributed by atoms with Crippen LogP contribution in [-0.2, 0) is 9.59 Å². The van der Waals surface area contributed by atoms with Gasteiger partial charge in [0.25, 0.3) is 0 Å². The lowest BCUT2D eigenvalue weighted by Crippen LogP contribution is -2.33. The summed E-state index contributed by atoms with van der Waals surface area (Å²) in [6.45, 7) is 3.35.